The molecule has 0 atom stereocenters. The van der Waals surface area contributed by atoms with E-state index in [1.165, 1.54) is 38.5 Å². The lowest BCUT2D eigenvalue weighted by Gasteiger charge is -2.24. The fourth-order valence-corrected chi connectivity index (χ4v) is 4.38. The molecule has 0 radical (unpaired) electrons. The van der Waals surface area contributed by atoms with Gasteiger partial charge in [-0.25, -0.2) is 0 Å². The van der Waals surface area contributed by atoms with Gasteiger partial charge in [-0.05, 0) is 89.2 Å². The molecule has 0 spiro atoms. The average molecular weight is 346 g/mol. The van der Waals surface area contributed by atoms with Crippen molar-refractivity contribution in [1.82, 2.24) is 0 Å². The third-order valence-electron chi connectivity index (χ3n) is 5.82. The molecule has 3 aliphatic carbocycles. The normalized spacial score (nSPS) is 22.6. The van der Waals surface area contributed by atoms with Gasteiger partial charge in [0.2, 0.25) is 11.5 Å². The Kier molecular flexibility index (Phi) is 5.23. The van der Waals surface area contributed by atoms with Crippen molar-refractivity contribution in [1.29, 1.82) is 0 Å². The molecule has 0 saturated heterocycles. The molecule has 4 heteroatoms. The molecule has 3 aliphatic rings. The first-order valence-electron chi connectivity index (χ1n) is 10.2. The van der Waals surface area contributed by atoms with E-state index in [0.717, 1.165) is 44.3 Å². The summed E-state index contributed by atoms with van der Waals surface area (Å²) in [7, 11) is 0. The first-order valence-corrected chi connectivity index (χ1v) is 10.2. The van der Waals surface area contributed by atoms with E-state index in [0.29, 0.717) is 11.5 Å². The second-order valence-corrected chi connectivity index (χ2v) is 7.81. The quantitative estimate of drug-likeness (QED) is 0.753. The number of hydrogen-bond acceptors (Lipinski definition) is 4. The zero-order valence-electron chi connectivity index (χ0n) is 15.0. The molecule has 138 valence electrons. The molecule has 1 N–H and O–H groups in total. The minimum atomic E-state index is 0.165. The maximum absolute atomic E-state index is 10.5. The summed E-state index contributed by atoms with van der Waals surface area (Å²) in [5.74, 6) is 2.03. The van der Waals surface area contributed by atoms with E-state index in [1.807, 2.05) is 6.07 Å². The molecule has 0 aliphatic heterocycles. The molecule has 4 rings (SSSR count). The summed E-state index contributed by atoms with van der Waals surface area (Å²) in [4.78, 5) is 0. The van der Waals surface area contributed by atoms with Crippen LogP contribution in [0.3, 0.4) is 0 Å². The first-order chi connectivity index (χ1) is 12.3. The van der Waals surface area contributed by atoms with Gasteiger partial charge in [-0.15, -0.1) is 0 Å². The molecule has 3 saturated carbocycles. The maximum atomic E-state index is 10.5. The largest absolute Gasteiger partial charge is 0.504 e. The zero-order chi connectivity index (χ0) is 17.1. The lowest BCUT2D eigenvalue weighted by Crippen LogP contribution is -2.18. The third-order valence-corrected chi connectivity index (χ3v) is 5.82. The Morgan fingerprint density at radius 3 is 1.56 bits per heavy atom. The van der Waals surface area contributed by atoms with Crippen molar-refractivity contribution < 1.29 is 19.3 Å². The van der Waals surface area contributed by atoms with E-state index in [-0.39, 0.29) is 24.1 Å². The number of rotatable bonds is 6. The van der Waals surface area contributed by atoms with E-state index < -0.39 is 0 Å². The molecule has 25 heavy (non-hydrogen) atoms. The SMILES string of the molecule is Oc1ccc(OC2CCCC2)c(OC2CCCC2)c1OC1CCCC1. The summed E-state index contributed by atoms with van der Waals surface area (Å²) in [6.07, 6.45) is 14.4. The summed E-state index contributed by atoms with van der Waals surface area (Å²) < 4.78 is 18.8. The first kappa shape index (κ1) is 16.9. The van der Waals surface area contributed by atoms with Crippen LogP contribution >= 0.6 is 0 Å². The van der Waals surface area contributed by atoms with E-state index in [9.17, 15) is 5.11 Å². The lowest BCUT2D eigenvalue weighted by atomic mass is 10.2. The second-order valence-electron chi connectivity index (χ2n) is 7.81. The topological polar surface area (TPSA) is 47.9 Å². The Bertz CT molecular complexity index is 568. The van der Waals surface area contributed by atoms with Crippen LogP contribution in [-0.4, -0.2) is 23.4 Å². The van der Waals surface area contributed by atoms with Crippen molar-refractivity contribution in [3.8, 4) is 23.0 Å². The van der Waals surface area contributed by atoms with E-state index >= 15 is 0 Å². The molecule has 1 aromatic carbocycles. The van der Waals surface area contributed by atoms with Gasteiger partial charge in [0, 0.05) is 0 Å². The van der Waals surface area contributed by atoms with Gasteiger partial charge in [-0.3, -0.25) is 0 Å². The molecule has 0 aromatic heterocycles. The van der Waals surface area contributed by atoms with Crippen LogP contribution in [0.1, 0.15) is 77.0 Å². The Morgan fingerprint density at radius 2 is 1.04 bits per heavy atom. The van der Waals surface area contributed by atoms with Crippen LogP contribution in [0.25, 0.3) is 0 Å². The lowest BCUT2D eigenvalue weighted by molar-refractivity contribution is 0.146. The average Bonchev–Trinajstić information content (AvgIpc) is 3.37. The van der Waals surface area contributed by atoms with Gasteiger partial charge in [0.1, 0.15) is 0 Å². The van der Waals surface area contributed by atoms with Crippen LogP contribution in [0.15, 0.2) is 12.1 Å². The Morgan fingerprint density at radius 1 is 0.600 bits per heavy atom. The molecule has 0 heterocycles. The van der Waals surface area contributed by atoms with E-state index in [2.05, 4.69) is 0 Å². The van der Waals surface area contributed by atoms with Gasteiger partial charge in [-0.1, -0.05) is 0 Å². The van der Waals surface area contributed by atoms with Gasteiger partial charge in [0.05, 0.1) is 18.3 Å². The number of phenolic OH excluding ortho intramolecular Hbond substituents is 1. The van der Waals surface area contributed by atoms with Crippen LogP contribution in [-0.2, 0) is 0 Å². The molecular weight excluding hydrogens is 316 g/mol. The summed E-state index contributed by atoms with van der Waals surface area (Å²) in [5.41, 5.74) is 0. The highest BCUT2D eigenvalue weighted by Gasteiger charge is 2.28. The predicted molar refractivity (Wildman–Crippen MR) is 96.8 cm³/mol. The number of benzene rings is 1. The third kappa shape index (κ3) is 3.99. The Labute approximate surface area is 150 Å². The van der Waals surface area contributed by atoms with Crippen LogP contribution in [0.2, 0.25) is 0 Å². The highest BCUT2D eigenvalue weighted by atomic mass is 16.6. The molecule has 0 unspecified atom stereocenters. The Balaban J connectivity index is 1.60. The van der Waals surface area contributed by atoms with E-state index in [4.69, 9.17) is 14.2 Å². The molecular formula is C21H30O4. The zero-order valence-corrected chi connectivity index (χ0v) is 15.0. The minimum Gasteiger partial charge on any atom is -0.504 e. The smallest absolute Gasteiger partial charge is 0.207 e. The van der Waals surface area contributed by atoms with Crippen LogP contribution in [0, 0.1) is 0 Å². The van der Waals surface area contributed by atoms with Gasteiger partial charge in [0.15, 0.2) is 11.5 Å². The minimum absolute atomic E-state index is 0.165. The van der Waals surface area contributed by atoms with Crippen molar-refractivity contribution in [3.63, 3.8) is 0 Å². The monoisotopic (exact) mass is 346 g/mol. The molecule has 3 fully saturated rings. The molecule has 4 nitrogen and oxygen atoms in total. The van der Waals surface area contributed by atoms with Gasteiger partial charge in [-0.2, -0.15) is 0 Å². The van der Waals surface area contributed by atoms with Gasteiger partial charge in [0.25, 0.3) is 0 Å². The van der Waals surface area contributed by atoms with Crippen molar-refractivity contribution in [2.24, 2.45) is 0 Å². The van der Waals surface area contributed by atoms with Crippen LogP contribution < -0.4 is 14.2 Å². The number of hydrogen-bond donors (Lipinski definition) is 1. The molecule has 0 bridgehead atoms. The molecule has 0 amide bonds. The Hall–Kier alpha value is -1.58. The standard InChI is InChI=1S/C21H30O4/c22-18-13-14-19(23-15-7-1-2-8-15)21(25-17-11-5-6-12-17)20(18)24-16-9-3-4-10-16/h13-17,22H,1-12H2. The van der Waals surface area contributed by atoms with Crippen molar-refractivity contribution >= 4 is 0 Å². The fraction of sp³-hybridized carbons (Fsp3) is 0.714. The summed E-state index contributed by atoms with van der Waals surface area (Å²) >= 11 is 0. The van der Waals surface area contributed by atoms with Gasteiger partial charge < -0.3 is 19.3 Å². The van der Waals surface area contributed by atoms with Crippen molar-refractivity contribution in [3.05, 3.63) is 12.1 Å². The number of phenols is 1. The number of ether oxygens (including phenoxy) is 3. The fourth-order valence-electron chi connectivity index (χ4n) is 4.38. The van der Waals surface area contributed by atoms with Crippen LogP contribution in [0.5, 0.6) is 23.0 Å². The van der Waals surface area contributed by atoms with Crippen molar-refractivity contribution in [2.75, 3.05) is 0 Å². The van der Waals surface area contributed by atoms with Crippen LogP contribution in [0.4, 0.5) is 0 Å². The molecule has 1 aromatic rings. The second kappa shape index (κ2) is 7.76. The highest BCUT2D eigenvalue weighted by Crippen LogP contribution is 2.47. The van der Waals surface area contributed by atoms with Gasteiger partial charge >= 0.3 is 0 Å². The number of aromatic hydroxyl groups is 1. The summed E-state index contributed by atoms with van der Waals surface area (Å²) in [5, 5.41) is 10.5. The maximum Gasteiger partial charge on any atom is 0.207 e. The predicted octanol–water partition coefficient (Wildman–Crippen LogP) is 5.36. The summed E-state index contributed by atoms with van der Waals surface area (Å²) in [6, 6.07) is 3.54. The summed E-state index contributed by atoms with van der Waals surface area (Å²) in [6.45, 7) is 0. The highest BCUT2D eigenvalue weighted by molar-refractivity contribution is 5.58. The van der Waals surface area contributed by atoms with Crippen molar-refractivity contribution in [2.45, 2.75) is 95.4 Å². The van der Waals surface area contributed by atoms with E-state index in [1.54, 1.807) is 6.07 Å².